The summed E-state index contributed by atoms with van der Waals surface area (Å²) in [5.74, 6) is -0.176. The van der Waals surface area contributed by atoms with E-state index in [0.29, 0.717) is 12.0 Å². The Hall–Kier alpha value is -1.84. The summed E-state index contributed by atoms with van der Waals surface area (Å²) in [4.78, 5) is 23.9. The van der Waals surface area contributed by atoms with Crippen molar-refractivity contribution in [1.82, 2.24) is 0 Å². The molecule has 0 N–H and O–H groups in total. The van der Waals surface area contributed by atoms with Gasteiger partial charge >= 0.3 is 6.16 Å². The molecule has 0 radical (unpaired) electrons. The molecule has 1 aromatic carbocycles. The van der Waals surface area contributed by atoms with Crippen LogP contribution in [0.1, 0.15) is 68.6 Å². The van der Waals surface area contributed by atoms with E-state index in [0.717, 1.165) is 12.8 Å². The predicted octanol–water partition coefficient (Wildman–Crippen LogP) is 4.91. The molecule has 2 rings (SSSR count). The van der Waals surface area contributed by atoms with E-state index < -0.39 is 18.4 Å². The number of unbranched alkanes of at least 4 members (excludes halogenated alkanes) is 6. The van der Waals surface area contributed by atoms with Crippen molar-refractivity contribution in [2.24, 2.45) is 0 Å². The zero-order valence-electron chi connectivity index (χ0n) is 13.8. The van der Waals surface area contributed by atoms with E-state index in [1.807, 2.05) is 6.07 Å². The van der Waals surface area contributed by atoms with E-state index in [9.17, 15) is 9.59 Å². The van der Waals surface area contributed by atoms with Gasteiger partial charge in [0.1, 0.15) is 6.10 Å². The highest BCUT2D eigenvalue weighted by molar-refractivity contribution is 6.01. The van der Waals surface area contributed by atoms with Crippen LogP contribution in [0.15, 0.2) is 30.3 Å². The first-order valence-electron chi connectivity index (χ1n) is 8.69. The monoisotopic (exact) mass is 318 g/mol. The van der Waals surface area contributed by atoms with Gasteiger partial charge < -0.3 is 9.47 Å². The SMILES string of the molecule is CCCCCCCCC[C@@H]1OC(=O)O[C@H]1C(=O)c1ccccc1. The minimum atomic E-state index is -0.801. The Morgan fingerprint density at radius 2 is 1.61 bits per heavy atom. The molecule has 0 aromatic heterocycles. The topological polar surface area (TPSA) is 52.6 Å². The molecule has 126 valence electrons. The van der Waals surface area contributed by atoms with Gasteiger partial charge in [0.15, 0.2) is 0 Å². The largest absolute Gasteiger partial charge is 0.509 e. The van der Waals surface area contributed by atoms with Gasteiger partial charge in [0.25, 0.3) is 0 Å². The summed E-state index contributed by atoms with van der Waals surface area (Å²) >= 11 is 0. The summed E-state index contributed by atoms with van der Waals surface area (Å²) < 4.78 is 10.3. The van der Waals surface area contributed by atoms with Crippen molar-refractivity contribution in [3.63, 3.8) is 0 Å². The molecule has 1 heterocycles. The first-order valence-corrected chi connectivity index (χ1v) is 8.69. The highest BCUT2D eigenvalue weighted by atomic mass is 16.8. The molecule has 0 spiro atoms. The van der Waals surface area contributed by atoms with Crippen LogP contribution in [-0.4, -0.2) is 24.1 Å². The molecule has 0 saturated carbocycles. The molecule has 0 unspecified atom stereocenters. The maximum Gasteiger partial charge on any atom is 0.509 e. The van der Waals surface area contributed by atoms with Gasteiger partial charge in [-0.1, -0.05) is 75.8 Å². The predicted molar refractivity (Wildman–Crippen MR) is 88.5 cm³/mol. The Balaban J connectivity index is 1.78. The second-order valence-corrected chi connectivity index (χ2v) is 6.09. The van der Waals surface area contributed by atoms with Crippen LogP contribution in [0, 0.1) is 0 Å². The number of ether oxygens (including phenoxy) is 2. The van der Waals surface area contributed by atoms with Crippen LogP contribution >= 0.6 is 0 Å². The molecule has 0 aliphatic carbocycles. The highest BCUT2D eigenvalue weighted by Crippen LogP contribution is 2.24. The van der Waals surface area contributed by atoms with Crippen molar-refractivity contribution in [2.75, 3.05) is 0 Å². The summed E-state index contributed by atoms with van der Waals surface area (Å²) in [7, 11) is 0. The molecule has 2 atom stereocenters. The van der Waals surface area contributed by atoms with E-state index in [1.54, 1.807) is 24.3 Å². The minimum absolute atomic E-state index is 0.176. The number of carbonyl (C=O) groups is 2. The van der Waals surface area contributed by atoms with E-state index >= 15 is 0 Å². The lowest BCUT2D eigenvalue weighted by atomic mass is 9.98. The molecule has 1 aliphatic heterocycles. The zero-order chi connectivity index (χ0) is 16.5. The number of ketones is 1. The maximum atomic E-state index is 12.5. The van der Waals surface area contributed by atoms with Gasteiger partial charge in [-0.2, -0.15) is 0 Å². The number of hydrogen-bond acceptors (Lipinski definition) is 4. The molecular formula is C19H26O4. The van der Waals surface area contributed by atoms with Crippen molar-refractivity contribution >= 4 is 11.9 Å². The Kier molecular flexibility index (Phi) is 7.11. The number of benzene rings is 1. The van der Waals surface area contributed by atoms with Gasteiger partial charge in [0.05, 0.1) is 0 Å². The normalized spacial score (nSPS) is 20.1. The van der Waals surface area contributed by atoms with Gasteiger partial charge in [0.2, 0.25) is 11.9 Å². The molecule has 4 heteroatoms. The molecular weight excluding hydrogens is 292 g/mol. The highest BCUT2D eigenvalue weighted by Gasteiger charge is 2.41. The lowest BCUT2D eigenvalue weighted by molar-refractivity contribution is 0.0707. The van der Waals surface area contributed by atoms with Gasteiger partial charge in [0, 0.05) is 5.56 Å². The second kappa shape index (κ2) is 9.33. The van der Waals surface area contributed by atoms with Crippen LogP contribution in [0.25, 0.3) is 0 Å². The molecule has 0 bridgehead atoms. The molecule has 4 nitrogen and oxygen atoms in total. The Morgan fingerprint density at radius 3 is 2.30 bits per heavy atom. The van der Waals surface area contributed by atoms with Gasteiger partial charge in [-0.05, 0) is 12.8 Å². The number of Topliss-reactive ketones (excluding diaryl/α,β-unsaturated/α-hetero) is 1. The lowest BCUT2D eigenvalue weighted by Gasteiger charge is -2.14. The first kappa shape index (κ1) is 17.5. The number of cyclic esters (lactones) is 2. The summed E-state index contributed by atoms with van der Waals surface area (Å²) in [5.41, 5.74) is 0.556. The average Bonchev–Trinajstić information content (AvgIpc) is 2.95. The van der Waals surface area contributed by atoms with Crippen molar-refractivity contribution < 1.29 is 19.1 Å². The van der Waals surface area contributed by atoms with E-state index in [1.165, 1.54) is 32.1 Å². The van der Waals surface area contributed by atoms with Crippen LogP contribution in [0.5, 0.6) is 0 Å². The van der Waals surface area contributed by atoms with Gasteiger partial charge in [-0.3, -0.25) is 4.79 Å². The fourth-order valence-electron chi connectivity index (χ4n) is 2.89. The smallest absolute Gasteiger partial charge is 0.426 e. The van der Waals surface area contributed by atoms with Crippen molar-refractivity contribution in [1.29, 1.82) is 0 Å². The Bertz CT molecular complexity index is 497. The van der Waals surface area contributed by atoms with Crippen molar-refractivity contribution in [2.45, 2.75) is 70.5 Å². The average molecular weight is 318 g/mol. The van der Waals surface area contributed by atoms with Crippen LogP contribution in [0.2, 0.25) is 0 Å². The third-order valence-electron chi connectivity index (χ3n) is 4.22. The molecule has 1 saturated heterocycles. The Morgan fingerprint density at radius 1 is 0.957 bits per heavy atom. The number of hydrogen-bond donors (Lipinski definition) is 0. The first-order chi connectivity index (χ1) is 11.2. The number of rotatable bonds is 10. The van der Waals surface area contributed by atoms with Crippen LogP contribution in [0.3, 0.4) is 0 Å². The van der Waals surface area contributed by atoms with Crippen LogP contribution in [0.4, 0.5) is 4.79 Å². The summed E-state index contributed by atoms with van der Waals surface area (Å²) in [6, 6.07) is 8.93. The summed E-state index contributed by atoms with van der Waals surface area (Å²) in [5, 5.41) is 0. The molecule has 1 fully saturated rings. The van der Waals surface area contributed by atoms with Gasteiger partial charge in [-0.15, -0.1) is 0 Å². The maximum absolute atomic E-state index is 12.5. The standard InChI is InChI=1S/C19H26O4/c1-2-3-4-5-6-7-11-14-16-18(23-19(21)22-16)17(20)15-12-9-8-10-13-15/h8-10,12-13,16,18H,2-7,11,14H2,1H3/t16-,18+/m0/s1. The van der Waals surface area contributed by atoms with Crippen LogP contribution < -0.4 is 0 Å². The van der Waals surface area contributed by atoms with Gasteiger partial charge in [-0.25, -0.2) is 4.79 Å². The fraction of sp³-hybridized carbons (Fsp3) is 0.579. The second-order valence-electron chi connectivity index (χ2n) is 6.09. The minimum Gasteiger partial charge on any atom is -0.426 e. The molecule has 1 aliphatic rings. The Labute approximate surface area is 138 Å². The summed E-state index contributed by atoms with van der Waals surface area (Å²) in [6.07, 6.45) is 7.02. The van der Waals surface area contributed by atoms with E-state index in [-0.39, 0.29) is 5.78 Å². The molecule has 0 amide bonds. The zero-order valence-corrected chi connectivity index (χ0v) is 13.8. The summed E-state index contributed by atoms with van der Waals surface area (Å²) in [6.45, 7) is 2.21. The van der Waals surface area contributed by atoms with Crippen LogP contribution in [-0.2, 0) is 9.47 Å². The van der Waals surface area contributed by atoms with E-state index in [2.05, 4.69) is 6.92 Å². The van der Waals surface area contributed by atoms with Crippen molar-refractivity contribution in [3.8, 4) is 0 Å². The van der Waals surface area contributed by atoms with E-state index in [4.69, 9.17) is 9.47 Å². The molecule has 23 heavy (non-hydrogen) atoms. The quantitative estimate of drug-likeness (QED) is 0.349. The van der Waals surface area contributed by atoms with Crippen molar-refractivity contribution in [3.05, 3.63) is 35.9 Å². The lowest BCUT2D eigenvalue weighted by Crippen LogP contribution is -2.31. The molecule has 1 aromatic rings. The number of carbonyl (C=O) groups excluding carboxylic acids is 2. The fourth-order valence-corrected chi connectivity index (χ4v) is 2.89. The third-order valence-corrected chi connectivity index (χ3v) is 4.22. The third kappa shape index (κ3) is 5.38.